The lowest BCUT2D eigenvalue weighted by molar-refractivity contribution is -0.385. The molecule has 0 radical (unpaired) electrons. The summed E-state index contributed by atoms with van der Waals surface area (Å²) in [6.07, 6.45) is 0.0846. The van der Waals surface area contributed by atoms with Crippen molar-refractivity contribution in [3.63, 3.8) is 0 Å². The molecule has 1 aromatic heterocycles. The van der Waals surface area contributed by atoms with Gasteiger partial charge in [0, 0.05) is 12.3 Å². The number of nitro groups is 1. The van der Waals surface area contributed by atoms with Gasteiger partial charge in [-0.2, -0.15) is 0 Å². The molecule has 0 fully saturated rings. The summed E-state index contributed by atoms with van der Waals surface area (Å²) in [4.78, 5) is 39.2. The summed E-state index contributed by atoms with van der Waals surface area (Å²) in [6.45, 7) is 3.27. The molecule has 0 spiro atoms. The molecule has 1 N–H and O–H groups in total. The topological polar surface area (TPSA) is 130 Å². The molecule has 10 nitrogen and oxygen atoms in total. The van der Waals surface area contributed by atoms with Crippen molar-refractivity contribution < 1.29 is 28.7 Å². The van der Waals surface area contributed by atoms with Crippen LogP contribution in [0.4, 0.5) is 11.5 Å². The Hall–Kier alpha value is -3.40. The van der Waals surface area contributed by atoms with Crippen molar-refractivity contribution in [2.75, 3.05) is 19.0 Å². The predicted molar refractivity (Wildman–Crippen MR) is 104 cm³/mol. The third-order valence-corrected chi connectivity index (χ3v) is 3.85. The fourth-order valence-corrected chi connectivity index (χ4v) is 2.36. The highest BCUT2D eigenvalue weighted by atomic mass is 35.5. The van der Waals surface area contributed by atoms with Crippen molar-refractivity contribution in [3.05, 3.63) is 51.2 Å². The van der Waals surface area contributed by atoms with Gasteiger partial charge in [0.1, 0.15) is 11.4 Å². The SMILES string of the molecule is CCOc1cc(C(=O)OC(C)C(=O)Nc2ccc(Cl)cn2)c([N+](=O)[O-])cc1OC. The maximum atomic E-state index is 12.5. The van der Waals surface area contributed by atoms with Crippen molar-refractivity contribution in [1.82, 2.24) is 4.98 Å². The fraction of sp³-hybridized carbons (Fsp3) is 0.278. The van der Waals surface area contributed by atoms with Gasteiger partial charge in [0.15, 0.2) is 17.6 Å². The molecule has 0 bridgehead atoms. The van der Waals surface area contributed by atoms with Gasteiger partial charge in [-0.05, 0) is 26.0 Å². The van der Waals surface area contributed by atoms with Crippen LogP contribution in [0, 0.1) is 10.1 Å². The molecule has 0 aliphatic heterocycles. The molecule has 2 rings (SSSR count). The van der Waals surface area contributed by atoms with E-state index in [1.165, 1.54) is 32.4 Å². The maximum absolute atomic E-state index is 12.5. The number of benzene rings is 1. The van der Waals surface area contributed by atoms with Crippen LogP contribution in [-0.2, 0) is 9.53 Å². The van der Waals surface area contributed by atoms with Crippen molar-refractivity contribution in [1.29, 1.82) is 0 Å². The monoisotopic (exact) mass is 423 g/mol. The van der Waals surface area contributed by atoms with E-state index in [4.69, 9.17) is 25.8 Å². The first-order chi connectivity index (χ1) is 13.8. The van der Waals surface area contributed by atoms with E-state index < -0.39 is 28.6 Å². The quantitative estimate of drug-likeness (QED) is 0.389. The van der Waals surface area contributed by atoms with E-state index in [0.29, 0.717) is 5.02 Å². The second kappa shape index (κ2) is 9.69. The second-order valence-corrected chi connectivity index (χ2v) is 6.05. The highest BCUT2D eigenvalue weighted by molar-refractivity contribution is 6.30. The van der Waals surface area contributed by atoms with Gasteiger partial charge in [0.05, 0.1) is 29.7 Å². The summed E-state index contributed by atoms with van der Waals surface area (Å²) in [7, 11) is 1.32. The number of carbonyl (C=O) groups excluding carboxylic acids is 2. The predicted octanol–water partition coefficient (Wildman–Crippen LogP) is 3.23. The van der Waals surface area contributed by atoms with Crippen LogP contribution >= 0.6 is 11.6 Å². The van der Waals surface area contributed by atoms with Crippen molar-refractivity contribution in [3.8, 4) is 11.5 Å². The first-order valence-electron chi connectivity index (χ1n) is 8.39. The number of methoxy groups -OCH3 is 1. The highest BCUT2D eigenvalue weighted by Crippen LogP contribution is 2.35. The number of aromatic nitrogens is 1. The molecular formula is C18H18ClN3O7. The van der Waals surface area contributed by atoms with Crippen LogP contribution in [0.2, 0.25) is 5.02 Å². The van der Waals surface area contributed by atoms with Gasteiger partial charge in [-0.3, -0.25) is 14.9 Å². The lowest BCUT2D eigenvalue weighted by Crippen LogP contribution is -2.30. The number of ether oxygens (including phenoxy) is 3. The molecule has 154 valence electrons. The van der Waals surface area contributed by atoms with Crippen molar-refractivity contribution >= 4 is 35.0 Å². The molecular weight excluding hydrogens is 406 g/mol. The van der Waals surface area contributed by atoms with E-state index in [1.54, 1.807) is 6.92 Å². The largest absolute Gasteiger partial charge is 0.493 e. The lowest BCUT2D eigenvalue weighted by atomic mass is 10.1. The van der Waals surface area contributed by atoms with Crippen LogP contribution in [0.1, 0.15) is 24.2 Å². The number of amides is 1. The van der Waals surface area contributed by atoms with Gasteiger partial charge in [-0.25, -0.2) is 9.78 Å². The van der Waals surface area contributed by atoms with Crippen LogP contribution < -0.4 is 14.8 Å². The number of pyridine rings is 1. The third-order valence-electron chi connectivity index (χ3n) is 3.63. The van der Waals surface area contributed by atoms with E-state index in [2.05, 4.69) is 10.3 Å². The highest BCUT2D eigenvalue weighted by Gasteiger charge is 2.28. The molecule has 0 saturated heterocycles. The molecule has 0 aliphatic carbocycles. The summed E-state index contributed by atoms with van der Waals surface area (Å²) in [6, 6.07) is 5.20. The smallest absolute Gasteiger partial charge is 0.346 e. The molecule has 1 amide bonds. The summed E-state index contributed by atoms with van der Waals surface area (Å²) < 4.78 is 15.5. The van der Waals surface area contributed by atoms with Crippen LogP contribution in [0.15, 0.2) is 30.5 Å². The maximum Gasteiger partial charge on any atom is 0.346 e. The summed E-state index contributed by atoms with van der Waals surface area (Å²) in [5.41, 5.74) is -0.911. The number of nitro benzene ring substituents is 1. The molecule has 29 heavy (non-hydrogen) atoms. The average molecular weight is 424 g/mol. The van der Waals surface area contributed by atoms with Gasteiger partial charge < -0.3 is 19.5 Å². The molecule has 0 saturated carbocycles. The normalized spacial score (nSPS) is 11.3. The van der Waals surface area contributed by atoms with E-state index in [1.807, 2.05) is 0 Å². The van der Waals surface area contributed by atoms with Crippen molar-refractivity contribution in [2.24, 2.45) is 0 Å². The molecule has 0 aliphatic rings. The first-order valence-corrected chi connectivity index (χ1v) is 8.77. The zero-order valence-corrected chi connectivity index (χ0v) is 16.6. The Morgan fingerprint density at radius 3 is 2.59 bits per heavy atom. The number of esters is 1. The minimum Gasteiger partial charge on any atom is -0.493 e. The van der Waals surface area contributed by atoms with Crippen LogP contribution in [0.3, 0.4) is 0 Å². The van der Waals surface area contributed by atoms with Gasteiger partial charge in [-0.15, -0.1) is 0 Å². The van der Waals surface area contributed by atoms with E-state index >= 15 is 0 Å². The Kier molecular flexibility index (Phi) is 7.32. The number of nitrogens with zero attached hydrogens (tertiary/aromatic N) is 2. The molecule has 1 heterocycles. The average Bonchev–Trinajstić information content (AvgIpc) is 2.69. The Balaban J connectivity index is 2.21. The number of carbonyl (C=O) groups is 2. The summed E-state index contributed by atoms with van der Waals surface area (Å²) in [5.74, 6) is -1.30. The van der Waals surface area contributed by atoms with Gasteiger partial charge in [-0.1, -0.05) is 11.6 Å². The standard InChI is InChI=1S/C18H18ClN3O7/c1-4-28-15-7-12(13(22(25)26)8-14(15)27-3)18(24)29-10(2)17(23)21-16-6-5-11(19)9-20-16/h5-10H,4H2,1-3H3,(H,20,21,23). The minimum atomic E-state index is -1.25. The molecule has 1 atom stereocenters. The number of hydrogen-bond acceptors (Lipinski definition) is 8. The van der Waals surface area contributed by atoms with E-state index in [-0.39, 0.29) is 29.5 Å². The van der Waals surface area contributed by atoms with Crippen LogP contribution in [-0.4, -0.2) is 41.6 Å². The fourth-order valence-electron chi connectivity index (χ4n) is 2.25. The van der Waals surface area contributed by atoms with Crippen LogP contribution in [0.25, 0.3) is 0 Å². The lowest BCUT2D eigenvalue weighted by Gasteiger charge is -2.15. The number of rotatable bonds is 8. The number of anilines is 1. The number of halogens is 1. The van der Waals surface area contributed by atoms with Crippen molar-refractivity contribution in [2.45, 2.75) is 20.0 Å². The molecule has 11 heteroatoms. The zero-order valence-electron chi connectivity index (χ0n) is 15.8. The van der Waals surface area contributed by atoms with Gasteiger partial charge in [0.25, 0.3) is 11.6 Å². The Morgan fingerprint density at radius 1 is 1.31 bits per heavy atom. The van der Waals surface area contributed by atoms with E-state index in [9.17, 15) is 19.7 Å². The second-order valence-electron chi connectivity index (χ2n) is 5.61. The number of nitrogens with one attached hydrogen (secondary N) is 1. The van der Waals surface area contributed by atoms with Crippen LogP contribution in [0.5, 0.6) is 11.5 Å². The zero-order chi connectivity index (χ0) is 21.6. The summed E-state index contributed by atoms with van der Waals surface area (Å²) in [5, 5.41) is 14.2. The molecule has 1 aromatic carbocycles. The molecule has 2 aromatic rings. The Morgan fingerprint density at radius 2 is 2.03 bits per heavy atom. The van der Waals surface area contributed by atoms with E-state index in [0.717, 1.165) is 12.1 Å². The molecule has 1 unspecified atom stereocenters. The third kappa shape index (κ3) is 5.55. The van der Waals surface area contributed by atoms with Gasteiger partial charge in [0.2, 0.25) is 0 Å². The number of hydrogen-bond donors (Lipinski definition) is 1. The summed E-state index contributed by atoms with van der Waals surface area (Å²) >= 11 is 5.73. The Bertz CT molecular complexity index is 918. The first kappa shape index (κ1) is 21.9. The van der Waals surface area contributed by atoms with Gasteiger partial charge >= 0.3 is 5.97 Å². The minimum absolute atomic E-state index is 0.0923. The Labute approximate surface area is 170 Å².